The molecule has 1 aromatic rings. The molecule has 0 aromatic heterocycles. The third-order valence-electron chi connectivity index (χ3n) is 2.57. The quantitative estimate of drug-likeness (QED) is 0.832. The fourth-order valence-electron chi connectivity index (χ4n) is 1.48. The summed E-state index contributed by atoms with van der Waals surface area (Å²) >= 11 is 0. The summed E-state index contributed by atoms with van der Waals surface area (Å²) in [5, 5.41) is 3.10. The molecule has 0 aliphatic heterocycles. The summed E-state index contributed by atoms with van der Waals surface area (Å²) in [6, 6.07) is 4.86. The lowest BCUT2D eigenvalue weighted by Crippen LogP contribution is -2.33. The Kier molecular flexibility index (Phi) is 4.74. The van der Waals surface area contributed by atoms with Crippen molar-refractivity contribution in [3.63, 3.8) is 0 Å². The van der Waals surface area contributed by atoms with Crippen LogP contribution in [0.25, 0.3) is 0 Å². The standard InChI is InChI=1S/C13H20FNO/c1-9(2)13(8-15-4)16-11-5-6-12(14)10(3)7-11/h5-7,9,13,15H,8H2,1-4H3. The highest BCUT2D eigenvalue weighted by atomic mass is 19.1. The van der Waals surface area contributed by atoms with Gasteiger partial charge in [-0.05, 0) is 43.7 Å². The Morgan fingerprint density at radius 1 is 1.38 bits per heavy atom. The highest BCUT2D eigenvalue weighted by molar-refractivity contribution is 5.29. The van der Waals surface area contributed by atoms with Gasteiger partial charge in [0.25, 0.3) is 0 Å². The first-order valence-electron chi connectivity index (χ1n) is 5.62. The summed E-state index contributed by atoms with van der Waals surface area (Å²) in [6.07, 6.45) is 0.106. The van der Waals surface area contributed by atoms with Crippen LogP contribution >= 0.6 is 0 Å². The smallest absolute Gasteiger partial charge is 0.126 e. The molecule has 2 nitrogen and oxygen atoms in total. The predicted molar refractivity (Wildman–Crippen MR) is 64.3 cm³/mol. The van der Waals surface area contributed by atoms with Crippen LogP contribution in [0.15, 0.2) is 18.2 Å². The lowest BCUT2D eigenvalue weighted by Gasteiger charge is -2.22. The third-order valence-corrected chi connectivity index (χ3v) is 2.57. The minimum absolute atomic E-state index is 0.106. The first kappa shape index (κ1) is 13.0. The van der Waals surface area contributed by atoms with Crippen LogP contribution in [0.3, 0.4) is 0 Å². The van der Waals surface area contributed by atoms with E-state index in [0.717, 1.165) is 12.3 Å². The van der Waals surface area contributed by atoms with Gasteiger partial charge in [0.15, 0.2) is 0 Å². The van der Waals surface area contributed by atoms with Crippen LogP contribution in [0.1, 0.15) is 19.4 Å². The van der Waals surface area contributed by atoms with E-state index in [4.69, 9.17) is 4.74 Å². The van der Waals surface area contributed by atoms with Gasteiger partial charge in [-0.15, -0.1) is 0 Å². The number of hydrogen-bond donors (Lipinski definition) is 1. The normalized spacial score (nSPS) is 12.9. The van der Waals surface area contributed by atoms with E-state index < -0.39 is 0 Å². The van der Waals surface area contributed by atoms with Crippen LogP contribution in [0.4, 0.5) is 4.39 Å². The van der Waals surface area contributed by atoms with Crippen molar-refractivity contribution in [1.29, 1.82) is 0 Å². The molecule has 0 bridgehead atoms. The molecule has 1 N–H and O–H groups in total. The van der Waals surface area contributed by atoms with Gasteiger partial charge < -0.3 is 10.1 Å². The molecule has 1 atom stereocenters. The number of aryl methyl sites for hydroxylation is 1. The number of rotatable bonds is 5. The van der Waals surface area contributed by atoms with E-state index in [2.05, 4.69) is 19.2 Å². The van der Waals surface area contributed by atoms with Crippen molar-refractivity contribution in [2.24, 2.45) is 5.92 Å². The van der Waals surface area contributed by atoms with Crippen LogP contribution in [-0.2, 0) is 0 Å². The summed E-state index contributed by atoms with van der Waals surface area (Å²) in [5.74, 6) is 0.952. The maximum atomic E-state index is 13.1. The molecule has 0 saturated carbocycles. The molecule has 0 saturated heterocycles. The lowest BCUT2D eigenvalue weighted by atomic mass is 10.1. The average molecular weight is 225 g/mol. The van der Waals surface area contributed by atoms with Crippen LogP contribution in [0.2, 0.25) is 0 Å². The van der Waals surface area contributed by atoms with Crippen molar-refractivity contribution in [3.8, 4) is 5.75 Å². The first-order chi connectivity index (χ1) is 7.54. The van der Waals surface area contributed by atoms with E-state index in [9.17, 15) is 4.39 Å². The fraction of sp³-hybridized carbons (Fsp3) is 0.538. The minimum Gasteiger partial charge on any atom is -0.489 e. The Labute approximate surface area is 96.8 Å². The van der Waals surface area contributed by atoms with Crippen molar-refractivity contribution < 1.29 is 9.13 Å². The molecule has 90 valence electrons. The van der Waals surface area contributed by atoms with Gasteiger partial charge in [0.05, 0.1) is 0 Å². The Morgan fingerprint density at radius 2 is 2.06 bits per heavy atom. The van der Waals surface area contributed by atoms with Gasteiger partial charge >= 0.3 is 0 Å². The summed E-state index contributed by atoms with van der Waals surface area (Å²) in [7, 11) is 1.90. The zero-order valence-electron chi connectivity index (χ0n) is 10.4. The second-order valence-corrected chi connectivity index (χ2v) is 4.37. The van der Waals surface area contributed by atoms with Gasteiger partial charge in [0, 0.05) is 6.54 Å². The predicted octanol–water partition coefficient (Wildman–Crippen LogP) is 2.76. The number of ether oxygens (including phenoxy) is 1. The van der Waals surface area contributed by atoms with Gasteiger partial charge in [-0.1, -0.05) is 13.8 Å². The Hall–Kier alpha value is -1.09. The molecule has 16 heavy (non-hydrogen) atoms. The number of likely N-dealkylation sites (N-methyl/N-ethyl adjacent to an activating group) is 1. The SMILES string of the molecule is CNCC(Oc1ccc(F)c(C)c1)C(C)C. The van der Waals surface area contributed by atoms with Gasteiger partial charge in [0.2, 0.25) is 0 Å². The van der Waals surface area contributed by atoms with Crippen LogP contribution in [0, 0.1) is 18.7 Å². The van der Waals surface area contributed by atoms with Crippen molar-refractivity contribution in [2.45, 2.75) is 26.9 Å². The third kappa shape index (κ3) is 3.49. The van der Waals surface area contributed by atoms with E-state index in [1.165, 1.54) is 6.07 Å². The Bertz CT molecular complexity index is 339. The van der Waals surface area contributed by atoms with E-state index in [1.807, 2.05) is 7.05 Å². The monoisotopic (exact) mass is 225 g/mol. The maximum absolute atomic E-state index is 13.1. The van der Waals surface area contributed by atoms with Gasteiger partial charge in [-0.25, -0.2) is 4.39 Å². The summed E-state index contributed by atoms with van der Waals surface area (Å²) < 4.78 is 18.9. The fourth-order valence-corrected chi connectivity index (χ4v) is 1.48. The lowest BCUT2D eigenvalue weighted by molar-refractivity contribution is 0.151. The summed E-state index contributed by atoms with van der Waals surface area (Å²) in [4.78, 5) is 0. The molecule has 0 aliphatic carbocycles. The van der Waals surface area contributed by atoms with Crippen molar-refractivity contribution >= 4 is 0 Å². The molecular weight excluding hydrogens is 205 g/mol. The molecule has 0 spiro atoms. The summed E-state index contributed by atoms with van der Waals surface area (Å²) in [6.45, 7) is 6.75. The number of halogens is 1. The maximum Gasteiger partial charge on any atom is 0.126 e. The van der Waals surface area contributed by atoms with Gasteiger partial charge in [-0.2, -0.15) is 0 Å². The molecule has 1 rings (SSSR count). The zero-order chi connectivity index (χ0) is 12.1. The van der Waals surface area contributed by atoms with Crippen LogP contribution < -0.4 is 10.1 Å². The molecule has 3 heteroatoms. The summed E-state index contributed by atoms with van der Waals surface area (Å²) in [5.41, 5.74) is 0.615. The Morgan fingerprint density at radius 3 is 2.56 bits per heavy atom. The molecule has 0 fully saturated rings. The molecule has 1 unspecified atom stereocenters. The number of nitrogens with one attached hydrogen (secondary N) is 1. The molecule has 1 aromatic carbocycles. The van der Waals surface area contributed by atoms with Crippen LogP contribution in [-0.4, -0.2) is 19.7 Å². The molecule has 0 radical (unpaired) electrons. The van der Waals surface area contributed by atoms with Crippen molar-refractivity contribution in [2.75, 3.05) is 13.6 Å². The van der Waals surface area contributed by atoms with Gasteiger partial charge in [0.1, 0.15) is 17.7 Å². The van der Waals surface area contributed by atoms with E-state index in [0.29, 0.717) is 11.5 Å². The molecule has 0 aliphatic rings. The van der Waals surface area contributed by atoms with Crippen molar-refractivity contribution in [3.05, 3.63) is 29.6 Å². The molecule has 0 amide bonds. The average Bonchev–Trinajstić information content (AvgIpc) is 2.22. The van der Waals surface area contributed by atoms with Gasteiger partial charge in [-0.3, -0.25) is 0 Å². The molecule has 0 heterocycles. The second kappa shape index (κ2) is 5.85. The Balaban J connectivity index is 2.73. The van der Waals surface area contributed by atoms with Crippen LogP contribution in [0.5, 0.6) is 5.75 Å². The number of benzene rings is 1. The van der Waals surface area contributed by atoms with E-state index >= 15 is 0 Å². The van der Waals surface area contributed by atoms with Crippen molar-refractivity contribution in [1.82, 2.24) is 5.32 Å². The largest absolute Gasteiger partial charge is 0.489 e. The topological polar surface area (TPSA) is 21.3 Å². The first-order valence-corrected chi connectivity index (χ1v) is 5.62. The van der Waals surface area contributed by atoms with E-state index in [1.54, 1.807) is 19.1 Å². The molecular formula is C13H20FNO. The van der Waals surface area contributed by atoms with E-state index in [-0.39, 0.29) is 11.9 Å². The number of hydrogen-bond acceptors (Lipinski definition) is 2. The highest BCUT2D eigenvalue weighted by Crippen LogP contribution is 2.19. The zero-order valence-corrected chi connectivity index (χ0v) is 10.4. The second-order valence-electron chi connectivity index (χ2n) is 4.37. The minimum atomic E-state index is -0.193. The highest BCUT2D eigenvalue weighted by Gasteiger charge is 2.14.